The van der Waals surface area contributed by atoms with Crippen LogP contribution in [0, 0.1) is 6.92 Å². The van der Waals surface area contributed by atoms with Crippen LogP contribution in [0.15, 0.2) is 77.5 Å². The summed E-state index contributed by atoms with van der Waals surface area (Å²) in [7, 11) is 3.19. The number of carbonyl (C=O) groups is 1. The molecule has 0 saturated carbocycles. The van der Waals surface area contributed by atoms with Gasteiger partial charge < -0.3 is 13.9 Å². The van der Waals surface area contributed by atoms with Gasteiger partial charge in [-0.2, -0.15) is 0 Å². The van der Waals surface area contributed by atoms with Crippen LogP contribution < -0.4 is 9.47 Å². The molecule has 5 heteroatoms. The molecule has 0 radical (unpaired) electrons. The maximum Gasteiger partial charge on any atom is 0.225 e. The van der Waals surface area contributed by atoms with Gasteiger partial charge in [0.25, 0.3) is 0 Å². The van der Waals surface area contributed by atoms with E-state index in [0.29, 0.717) is 30.2 Å². The summed E-state index contributed by atoms with van der Waals surface area (Å²) in [5, 5.41) is 0. The molecular formula is C27H25NO4. The summed E-state index contributed by atoms with van der Waals surface area (Å²) in [4.78, 5) is 16.9. The van der Waals surface area contributed by atoms with Crippen molar-refractivity contribution in [3.63, 3.8) is 0 Å². The number of nitrogens with zero attached hydrogens (tertiary/aromatic N) is 1. The molecule has 0 unspecified atom stereocenters. The van der Waals surface area contributed by atoms with Gasteiger partial charge >= 0.3 is 0 Å². The average Bonchev–Trinajstić information content (AvgIpc) is 3.35. The van der Waals surface area contributed by atoms with Crippen molar-refractivity contribution in [2.24, 2.45) is 0 Å². The molecule has 0 amide bonds. The number of hydrogen-bond acceptors (Lipinski definition) is 5. The van der Waals surface area contributed by atoms with Crippen molar-refractivity contribution in [3.05, 3.63) is 89.8 Å². The second kappa shape index (κ2) is 9.52. The minimum Gasteiger partial charge on any atom is -0.493 e. The van der Waals surface area contributed by atoms with Crippen molar-refractivity contribution in [3.8, 4) is 34.1 Å². The summed E-state index contributed by atoms with van der Waals surface area (Å²) in [5.74, 6) is 2.03. The van der Waals surface area contributed by atoms with Gasteiger partial charge in [-0.3, -0.25) is 4.79 Å². The number of rotatable bonds is 8. The highest BCUT2D eigenvalue weighted by molar-refractivity contribution is 5.83. The molecule has 4 aromatic rings. The molecule has 1 aromatic heterocycles. The molecule has 0 fully saturated rings. The minimum atomic E-state index is 0.145. The highest BCUT2D eigenvalue weighted by Crippen LogP contribution is 2.30. The van der Waals surface area contributed by atoms with E-state index in [0.717, 1.165) is 33.4 Å². The molecule has 0 N–H and O–H groups in total. The Labute approximate surface area is 187 Å². The third kappa shape index (κ3) is 4.72. The standard InChI is InChI=1S/C27H25NO4/c1-18-4-8-22(27-28-12-13-32-27)17-24(18)21-9-5-19(6-10-21)14-23(29)15-20-7-11-25(30-2)26(16-20)31-3/h4-13,16-17H,14-15H2,1-3H3. The van der Waals surface area contributed by atoms with Crippen LogP contribution in [-0.2, 0) is 17.6 Å². The number of methoxy groups -OCH3 is 2. The Kier molecular flexibility index (Phi) is 6.36. The molecule has 0 saturated heterocycles. The SMILES string of the molecule is COc1ccc(CC(=O)Cc2ccc(-c3cc(-c4ncco4)ccc3C)cc2)cc1OC. The Morgan fingerprint density at radius 1 is 0.844 bits per heavy atom. The lowest BCUT2D eigenvalue weighted by Gasteiger charge is -2.10. The molecule has 5 nitrogen and oxygen atoms in total. The molecule has 0 aliphatic rings. The van der Waals surface area contributed by atoms with Gasteiger partial charge in [-0.25, -0.2) is 4.98 Å². The molecular weight excluding hydrogens is 402 g/mol. The predicted octanol–water partition coefficient (Wildman–Crippen LogP) is 5.69. The maximum absolute atomic E-state index is 12.6. The van der Waals surface area contributed by atoms with E-state index in [-0.39, 0.29) is 5.78 Å². The lowest BCUT2D eigenvalue weighted by Crippen LogP contribution is -2.07. The number of ketones is 1. The van der Waals surface area contributed by atoms with E-state index in [1.54, 1.807) is 26.7 Å². The molecule has 0 bridgehead atoms. The van der Waals surface area contributed by atoms with Crippen LogP contribution in [-0.4, -0.2) is 25.0 Å². The molecule has 0 aliphatic carbocycles. The maximum atomic E-state index is 12.6. The van der Waals surface area contributed by atoms with Crippen molar-refractivity contribution in [2.45, 2.75) is 19.8 Å². The van der Waals surface area contributed by atoms with Crippen LogP contribution in [0.25, 0.3) is 22.6 Å². The lowest BCUT2D eigenvalue weighted by molar-refractivity contribution is -0.117. The molecule has 4 rings (SSSR count). The normalized spacial score (nSPS) is 10.7. The van der Waals surface area contributed by atoms with Gasteiger partial charge in [-0.05, 0) is 59.0 Å². The summed E-state index contributed by atoms with van der Waals surface area (Å²) in [6.07, 6.45) is 3.94. The average molecular weight is 428 g/mol. The zero-order valence-electron chi connectivity index (χ0n) is 18.4. The largest absolute Gasteiger partial charge is 0.493 e. The summed E-state index contributed by atoms with van der Waals surface area (Å²) in [6.45, 7) is 2.08. The van der Waals surface area contributed by atoms with Gasteiger partial charge in [-0.15, -0.1) is 0 Å². The van der Waals surface area contributed by atoms with Crippen molar-refractivity contribution in [1.82, 2.24) is 4.98 Å². The van der Waals surface area contributed by atoms with Gasteiger partial charge in [0.15, 0.2) is 11.5 Å². The van der Waals surface area contributed by atoms with Gasteiger partial charge in [0, 0.05) is 18.4 Å². The number of aromatic nitrogens is 1. The monoisotopic (exact) mass is 427 g/mol. The summed E-state index contributed by atoms with van der Waals surface area (Å²) >= 11 is 0. The molecule has 0 atom stereocenters. The van der Waals surface area contributed by atoms with E-state index in [1.165, 1.54) is 0 Å². The Morgan fingerprint density at radius 3 is 2.22 bits per heavy atom. The molecule has 0 aliphatic heterocycles. The number of benzene rings is 3. The van der Waals surface area contributed by atoms with Crippen molar-refractivity contribution in [2.75, 3.05) is 14.2 Å². The summed E-state index contributed by atoms with van der Waals surface area (Å²) in [6, 6.07) is 19.9. The second-order valence-electron chi connectivity index (χ2n) is 7.65. The highest BCUT2D eigenvalue weighted by Gasteiger charge is 2.11. The topological polar surface area (TPSA) is 61.6 Å². The van der Waals surface area contributed by atoms with E-state index in [2.05, 4.69) is 36.2 Å². The van der Waals surface area contributed by atoms with Crippen LogP contribution in [0.1, 0.15) is 16.7 Å². The van der Waals surface area contributed by atoms with Crippen LogP contribution >= 0.6 is 0 Å². The third-order valence-corrected chi connectivity index (χ3v) is 5.43. The first-order chi connectivity index (χ1) is 15.6. The molecule has 0 spiro atoms. The second-order valence-corrected chi connectivity index (χ2v) is 7.65. The van der Waals surface area contributed by atoms with Crippen LogP contribution in [0.2, 0.25) is 0 Å². The number of Topliss-reactive ketones (excluding diaryl/α,β-unsaturated/α-hetero) is 1. The first-order valence-corrected chi connectivity index (χ1v) is 10.4. The van der Waals surface area contributed by atoms with E-state index in [1.807, 2.05) is 36.4 Å². The van der Waals surface area contributed by atoms with E-state index in [4.69, 9.17) is 13.9 Å². The fraction of sp³-hybridized carbons (Fsp3) is 0.185. The lowest BCUT2D eigenvalue weighted by atomic mass is 9.96. The Balaban J connectivity index is 1.46. The molecule has 162 valence electrons. The Morgan fingerprint density at radius 2 is 1.53 bits per heavy atom. The smallest absolute Gasteiger partial charge is 0.225 e. The Bertz CT molecular complexity index is 1210. The fourth-order valence-electron chi connectivity index (χ4n) is 3.74. The molecule has 32 heavy (non-hydrogen) atoms. The van der Waals surface area contributed by atoms with Gasteiger partial charge in [-0.1, -0.05) is 36.4 Å². The number of hydrogen-bond donors (Lipinski definition) is 0. The fourth-order valence-corrected chi connectivity index (χ4v) is 3.74. The number of carbonyl (C=O) groups excluding carboxylic acids is 1. The third-order valence-electron chi connectivity index (χ3n) is 5.43. The van der Waals surface area contributed by atoms with Gasteiger partial charge in [0.05, 0.1) is 20.4 Å². The Hall–Kier alpha value is -3.86. The quantitative estimate of drug-likeness (QED) is 0.362. The van der Waals surface area contributed by atoms with Crippen LogP contribution in [0.4, 0.5) is 0 Å². The zero-order valence-corrected chi connectivity index (χ0v) is 18.4. The number of oxazole rings is 1. The number of aryl methyl sites for hydroxylation is 1. The van der Waals surface area contributed by atoms with Gasteiger partial charge in [0.1, 0.15) is 12.0 Å². The minimum absolute atomic E-state index is 0.145. The number of ether oxygens (including phenoxy) is 2. The van der Waals surface area contributed by atoms with E-state index in [9.17, 15) is 4.79 Å². The van der Waals surface area contributed by atoms with Crippen LogP contribution in [0.5, 0.6) is 11.5 Å². The van der Waals surface area contributed by atoms with Crippen LogP contribution in [0.3, 0.4) is 0 Å². The molecule has 3 aromatic carbocycles. The van der Waals surface area contributed by atoms with E-state index >= 15 is 0 Å². The van der Waals surface area contributed by atoms with Crippen molar-refractivity contribution >= 4 is 5.78 Å². The molecule has 1 heterocycles. The van der Waals surface area contributed by atoms with Gasteiger partial charge in [0.2, 0.25) is 5.89 Å². The van der Waals surface area contributed by atoms with Crippen molar-refractivity contribution < 1.29 is 18.7 Å². The first kappa shape index (κ1) is 21.4. The van der Waals surface area contributed by atoms with Crippen molar-refractivity contribution in [1.29, 1.82) is 0 Å². The summed E-state index contributed by atoms with van der Waals surface area (Å²) < 4.78 is 16.0. The van der Waals surface area contributed by atoms with E-state index < -0.39 is 0 Å². The predicted molar refractivity (Wildman–Crippen MR) is 124 cm³/mol. The summed E-state index contributed by atoms with van der Waals surface area (Å²) in [5.41, 5.74) is 6.20. The zero-order chi connectivity index (χ0) is 22.5. The highest BCUT2D eigenvalue weighted by atomic mass is 16.5. The first-order valence-electron chi connectivity index (χ1n) is 10.4.